The van der Waals surface area contributed by atoms with Crippen LogP contribution in [0.15, 0.2) is 18.2 Å². The molecule has 3 nitrogen and oxygen atoms in total. The molecule has 1 aromatic carbocycles. The highest BCUT2D eigenvalue weighted by Crippen LogP contribution is 2.22. The van der Waals surface area contributed by atoms with Crippen LogP contribution in [-0.2, 0) is 16.5 Å². The summed E-state index contributed by atoms with van der Waals surface area (Å²) in [5.74, 6) is -0.179. The highest BCUT2D eigenvalue weighted by Gasteiger charge is 2.04. The summed E-state index contributed by atoms with van der Waals surface area (Å²) in [6.45, 7) is 0. The van der Waals surface area contributed by atoms with E-state index in [9.17, 15) is 8.42 Å². The third-order valence-electron chi connectivity index (χ3n) is 2.36. The molecule has 0 heterocycles. The Morgan fingerprint density at radius 3 is 2.41 bits per heavy atom. The predicted octanol–water partition coefficient (Wildman–Crippen LogP) is 3.59. The van der Waals surface area contributed by atoms with Crippen molar-refractivity contribution >= 4 is 33.3 Å². The Labute approximate surface area is 111 Å². The molecular weight excluding hydrogens is 283 g/mol. The molecule has 0 aliphatic carbocycles. The summed E-state index contributed by atoms with van der Waals surface area (Å²) < 4.78 is 29.5. The van der Waals surface area contributed by atoms with Gasteiger partial charge in [-0.1, -0.05) is 35.7 Å². The van der Waals surface area contributed by atoms with Crippen molar-refractivity contribution in [1.82, 2.24) is 0 Å². The lowest BCUT2D eigenvalue weighted by Crippen LogP contribution is -2.03. The van der Waals surface area contributed by atoms with Gasteiger partial charge in [-0.2, -0.15) is 8.42 Å². The second-order valence-corrected chi connectivity index (χ2v) is 6.25. The van der Waals surface area contributed by atoms with Crippen molar-refractivity contribution in [1.29, 1.82) is 0 Å². The lowest BCUT2D eigenvalue weighted by molar-refractivity contribution is 0.479. The van der Waals surface area contributed by atoms with Gasteiger partial charge in [0.25, 0.3) is 10.1 Å². The number of rotatable bonds is 6. The molecule has 0 fully saturated rings. The lowest BCUT2D eigenvalue weighted by Gasteiger charge is -2.04. The zero-order valence-electron chi connectivity index (χ0n) is 9.20. The summed E-state index contributed by atoms with van der Waals surface area (Å²) in [7, 11) is -3.83. The van der Waals surface area contributed by atoms with Crippen molar-refractivity contribution in [3.8, 4) is 0 Å². The van der Waals surface area contributed by atoms with Crippen molar-refractivity contribution in [2.75, 3.05) is 5.75 Å². The second-order valence-electron chi connectivity index (χ2n) is 3.83. The molecule has 0 unspecified atom stereocenters. The summed E-state index contributed by atoms with van der Waals surface area (Å²) in [4.78, 5) is 0. The van der Waals surface area contributed by atoms with Gasteiger partial charge in [0, 0.05) is 10.0 Å². The first-order valence-electron chi connectivity index (χ1n) is 5.27. The molecule has 0 radical (unpaired) electrons. The van der Waals surface area contributed by atoms with Gasteiger partial charge in [0.1, 0.15) is 0 Å². The van der Waals surface area contributed by atoms with Crippen LogP contribution in [0.5, 0.6) is 0 Å². The average Bonchev–Trinajstić information content (AvgIpc) is 2.18. The zero-order chi connectivity index (χ0) is 12.9. The molecule has 0 saturated heterocycles. The number of unbranched alkanes of at least 4 members (excludes halogenated alkanes) is 2. The van der Waals surface area contributed by atoms with Crippen LogP contribution in [-0.4, -0.2) is 18.7 Å². The molecule has 0 aromatic heterocycles. The molecule has 0 atom stereocenters. The predicted molar refractivity (Wildman–Crippen MR) is 70.4 cm³/mol. The summed E-state index contributed by atoms with van der Waals surface area (Å²) >= 11 is 11.8. The first-order valence-corrected chi connectivity index (χ1v) is 7.64. The van der Waals surface area contributed by atoms with Crippen LogP contribution in [0.1, 0.15) is 24.8 Å². The molecule has 1 rings (SSSR count). The van der Waals surface area contributed by atoms with Gasteiger partial charge in [-0.15, -0.1) is 0 Å². The van der Waals surface area contributed by atoms with Crippen molar-refractivity contribution in [3.63, 3.8) is 0 Å². The summed E-state index contributed by atoms with van der Waals surface area (Å²) in [6.07, 6.45) is 2.81. The summed E-state index contributed by atoms with van der Waals surface area (Å²) in [5, 5.41) is 1.23. The maximum atomic E-state index is 10.5. The molecule has 96 valence electrons. The van der Waals surface area contributed by atoms with Crippen LogP contribution >= 0.6 is 23.2 Å². The number of benzene rings is 1. The van der Waals surface area contributed by atoms with E-state index in [0.717, 1.165) is 24.8 Å². The third kappa shape index (κ3) is 6.27. The Kier molecular flexibility index (Phi) is 5.73. The van der Waals surface area contributed by atoms with Crippen LogP contribution in [0.3, 0.4) is 0 Å². The fourth-order valence-electron chi connectivity index (χ4n) is 1.50. The molecule has 1 aromatic rings. The quantitative estimate of drug-likeness (QED) is 0.645. The summed E-state index contributed by atoms with van der Waals surface area (Å²) in [6, 6.07) is 5.34. The lowest BCUT2D eigenvalue weighted by atomic mass is 10.1. The minimum atomic E-state index is -3.83. The van der Waals surface area contributed by atoms with Crippen molar-refractivity contribution in [2.24, 2.45) is 0 Å². The fourth-order valence-corrected chi connectivity index (χ4v) is 2.57. The Hall–Kier alpha value is -0.290. The first kappa shape index (κ1) is 14.8. The van der Waals surface area contributed by atoms with Gasteiger partial charge in [0.05, 0.1) is 5.75 Å². The molecule has 6 heteroatoms. The van der Waals surface area contributed by atoms with E-state index in [2.05, 4.69) is 0 Å². The van der Waals surface area contributed by atoms with Crippen LogP contribution in [0.4, 0.5) is 0 Å². The van der Waals surface area contributed by atoms with Gasteiger partial charge >= 0.3 is 0 Å². The van der Waals surface area contributed by atoms with E-state index in [4.69, 9.17) is 27.8 Å². The number of hydrogen-bond donors (Lipinski definition) is 1. The van der Waals surface area contributed by atoms with Crippen molar-refractivity contribution < 1.29 is 13.0 Å². The normalized spacial score (nSPS) is 11.7. The van der Waals surface area contributed by atoms with E-state index in [-0.39, 0.29) is 5.75 Å². The van der Waals surface area contributed by atoms with Crippen molar-refractivity contribution in [2.45, 2.75) is 25.7 Å². The number of hydrogen-bond acceptors (Lipinski definition) is 2. The monoisotopic (exact) mass is 296 g/mol. The molecule has 0 amide bonds. The smallest absolute Gasteiger partial charge is 0.264 e. The molecule has 0 bridgehead atoms. The highest BCUT2D eigenvalue weighted by molar-refractivity contribution is 7.85. The minimum absolute atomic E-state index is 0.179. The molecular formula is C11H14Cl2O3S. The van der Waals surface area contributed by atoms with Gasteiger partial charge in [-0.05, 0) is 37.0 Å². The minimum Gasteiger partial charge on any atom is -0.286 e. The molecule has 1 N–H and O–H groups in total. The largest absolute Gasteiger partial charge is 0.286 e. The number of aryl methyl sites for hydroxylation is 1. The van der Waals surface area contributed by atoms with E-state index in [1.165, 1.54) is 0 Å². The molecule has 0 aliphatic heterocycles. The van der Waals surface area contributed by atoms with E-state index in [0.29, 0.717) is 16.5 Å². The van der Waals surface area contributed by atoms with Crippen LogP contribution < -0.4 is 0 Å². The van der Waals surface area contributed by atoms with Crippen LogP contribution in [0.25, 0.3) is 0 Å². The van der Waals surface area contributed by atoms with E-state index in [1.54, 1.807) is 12.1 Å². The molecule has 0 spiro atoms. The summed E-state index contributed by atoms with van der Waals surface area (Å²) in [5.41, 5.74) is 1.00. The van der Waals surface area contributed by atoms with Crippen molar-refractivity contribution in [3.05, 3.63) is 33.8 Å². The maximum absolute atomic E-state index is 10.5. The Morgan fingerprint density at radius 2 is 1.82 bits per heavy atom. The zero-order valence-corrected chi connectivity index (χ0v) is 11.5. The molecule has 0 saturated carbocycles. The van der Waals surface area contributed by atoms with Gasteiger partial charge in [-0.3, -0.25) is 4.55 Å². The first-order chi connectivity index (χ1) is 7.88. The van der Waals surface area contributed by atoms with Gasteiger partial charge in [0.15, 0.2) is 0 Å². The maximum Gasteiger partial charge on any atom is 0.264 e. The standard InChI is InChI=1S/C11H14Cl2O3S/c12-10-6-5-9(11(13)8-10)4-2-1-3-7-17(14,15)16/h5-6,8H,1-4,7H2,(H,14,15,16). The fraction of sp³-hybridized carbons (Fsp3) is 0.455. The third-order valence-corrected chi connectivity index (χ3v) is 3.76. The average molecular weight is 297 g/mol. The van der Waals surface area contributed by atoms with E-state index in [1.807, 2.05) is 6.07 Å². The second kappa shape index (κ2) is 6.59. The van der Waals surface area contributed by atoms with E-state index < -0.39 is 10.1 Å². The highest BCUT2D eigenvalue weighted by atomic mass is 35.5. The van der Waals surface area contributed by atoms with Gasteiger partial charge in [0.2, 0.25) is 0 Å². The SMILES string of the molecule is O=S(=O)(O)CCCCCc1ccc(Cl)cc1Cl. The van der Waals surface area contributed by atoms with Crippen LogP contribution in [0.2, 0.25) is 10.0 Å². The topological polar surface area (TPSA) is 54.4 Å². The Bertz CT molecular complexity index is 472. The van der Waals surface area contributed by atoms with Gasteiger partial charge in [-0.25, -0.2) is 0 Å². The van der Waals surface area contributed by atoms with Gasteiger partial charge < -0.3 is 0 Å². The molecule has 17 heavy (non-hydrogen) atoms. The van der Waals surface area contributed by atoms with E-state index >= 15 is 0 Å². The Morgan fingerprint density at radius 1 is 1.12 bits per heavy atom. The Balaban J connectivity index is 2.32. The number of halogens is 2. The van der Waals surface area contributed by atoms with Crippen LogP contribution in [0, 0.1) is 0 Å². The molecule has 0 aliphatic rings.